The van der Waals surface area contributed by atoms with E-state index in [9.17, 15) is 14.9 Å². The molecular formula is C11H9ClN4O3. The van der Waals surface area contributed by atoms with Gasteiger partial charge in [0.15, 0.2) is 0 Å². The van der Waals surface area contributed by atoms with E-state index in [0.717, 1.165) is 0 Å². The summed E-state index contributed by atoms with van der Waals surface area (Å²) in [5.74, 6) is -0.347. The molecule has 1 N–H and O–H groups in total. The fourth-order valence-electron chi connectivity index (χ4n) is 1.48. The summed E-state index contributed by atoms with van der Waals surface area (Å²) < 4.78 is 1.45. The molecule has 0 atom stereocenters. The van der Waals surface area contributed by atoms with Crippen LogP contribution >= 0.6 is 11.6 Å². The molecule has 0 saturated carbocycles. The van der Waals surface area contributed by atoms with Gasteiger partial charge in [0.05, 0.1) is 4.92 Å². The number of nitrogens with one attached hydrogen (secondary N) is 1. The van der Waals surface area contributed by atoms with Gasteiger partial charge in [0, 0.05) is 30.2 Å². The summed E-state index contributed by atoms with van der Waals surface area (Å²) in [7, 11) is 0. The van der Waals surface area contributed by atoms with Crippen LogP contribution in [0.1, 0.15) is 0 Å². The summed E-state index contributed by atoms with van der Waals surface area (Å²) in [4.78, 5) is 25.6. The zero-order chi connectivity index (χ0) is 13.8. The molecule has 7 nitrogen and oxygen atoms in total. The standard InChI is InChI=1S/C11H9ClN4O3/c12-11-13-4-5-15(11)7-10(17)14-8-2-1-3-9(6-8)16(18)19/h1-6H,7H2,(H,14,17). The van der Waals surface area contributed by atoms with Gasteiger partial charge in [-0.2, -0.15) is 0 Å². The second kappa shape index (κ2) is 5.49. The molecule has 8 heteroatoms. The molecule has 1 heterocycles. The number of halogens is 1. The molecule has 0 aliphatic heterocycles. The number of carbonyl (C=O) groups is 1. The van der Waals surface area contributed by atoms with Crippen molar-refractivity contribution in [2.24, 2.45) is 0 Å². The number of hydrogen-bond acceptors (Lipinski definition) is 4. The van der Waals surface area contributed by atoms with E-state index in [-0.39, 0.29) is 23.4 Å². The van der Waals surface area contributed by atoms with Gasteiger partial charge in [-0.3, -0.25) is 14.9 Å². The van der Waals surface area contributed by atoms with Gasteiger partial charge in [0.1, 0.15) is 6.54 Å². The van der Waals surface area contributed by atoms with Crippen molar-refractivity contribution in [3.05, 3.63) is 52.1 Å². The number of amides is 1. The largest absolute Gasteiger partial charge is 0.324 e. The number of hydrogen-bond donors (Lipinski definition) is 1. The van der Waals surface area contributed by atoms with E-state index in [2.05, 4.69) is 10.3 Å². The summed E-state index contributed by atoms with van der Waals surface area (Å²) >= 11 is 5.74. The first-order valence-corrected chi connectivity index (χ1v) is 5.65. The fraction of sp³-hybridized carbons (Fsp3) is 0.0909. The average molecular weight is 281 g/mol. The predicted octanol–water partition coefficient (Wildman–Crippen LogP) is 2.08. The van der Waals surface area contributed by atoms with Gasteiger partial charge < -0.3 is 9.88 Å². The highest BCUT2D eigenvalue weighted by atomic mass is 35.5. The Hall–Kier alpha value is -2.41. The lowest BCUT2D eigenvalue weighted by Crippen LogP contribution is -2.18. The molecule has 0 radical (unpaired) electrons. The minimum absolute atomic E-state index is 0.0124. The molecular weight excluding hydrogens is 272 g/mol. The molecule has 2 rings (SSSR count). The van der Waals surface area contributed by atoms with Crippen LogP contribution in [-0.4, -0.2) is 20.4 Å². The minimum Gasteiger partial charge on any atom is -0.324 e. The molecule has 0 unspecified atom stereocenters. The topological polar surface area (TPSA) is 90.1 Å². The molecule has 2 aromatic rings. The number of non-ortho nitro benzene ring substituents is 1. The van der Waals surface area contributed by atoms with Crippen LogP contribution in [0.5, 0.6) is 0 Å². The number of benzene rings is 1. The molecule has 0 bridgehead atoms. The monoisotopic (exact) mass is 280 g/mol. The van der Waals surface area contributed by atoms with Crippen LogP contribution in [0, 0.1) is 10.1 Å². The smallest absolute Gasteiger partial charge is 0.271 e. The van der Waals surface area contributed by atoms with Crippen LogP contribution in [-0.2, 0) is 11.3 Å². The number of imidazole rings is 1. The average Bonchev–Trinajstić information content (AvgIpc) is 2.75. The van der Waals surface area contributed by atoms with Gasteiger partial charge in [-0.1, -0.05) is 6.07 Å². The number of nitrogens with zero attached hydrogens (tertiary/aromatic N) is 3. The van der Waals surface area contributed by atoms with Crippen molar-refractivity contribution in [1.29, 1.82) is 0 Å². The normalized spacial score (nSPS) is 10.2. The molecule has 98 valence electrons. The van der Waals surface area contributed by atoms with Crippen LogP contribution in [0.15, 0.2) is 36.7 Å². The third-order valence-electron chi connectivity index (χ3n) is 2.32. The highest BCUT2D eigenvalue weighted by Crippen LogP contribution is 2.17. The maximum atomic E-state index is 11.7. The zero-order valence-corrected chi connectivity index (χ0v) is 10.4. The Morgan fingerprint density at radius 1 is 1.53 bits per heavy atom. The first-order chi connectivity index (χ1) is 9.06. The summed E-state index contributed by atoms with van der Waals surface area (Å²) in [6, 6.07) is 5.70. The van der Waals surface area contributed by atoms with E-state index in [1.807, 2.05) is 0 Å². The first-order valence-electron chi connectivity index (χ1n) is 5.27. The number of aromatic nitrogens is 2. The van der Waals surface area contributed by atoms with Gasteiger partial charge in [-0.05, 0) is 17.7 Å². The predicted molar refractivity (Wildman–Crippen MR) is 69.0 cm³/mol. The van der Waals surface area contributed by atoms with Crippen molar-refractivity contribution in [2.45, 2.75) is 6.54 Å². The highest BCUT2D eigenvalue weighted by molar-refractivity contribution is 6.28. The number of anilines is 1. The quantitative estimate of drug-likeness (QED) is 0.686. The van der Waals surface area contributed by atoms with Crippen LogP contribution in [0.3, 0.4) is 0 Å². The van der Waals surface area contributed by atoms with Crippen molar-refractivity contribution in [1.82, 2.24) is 9.55 Å². The second-order valence-electron chi connectivity index (χ2n) is 3.68. The third kappa shape index (κ3) is 3.29. The maximum absolute atomic E-state index is 11.7. The van der Waals surface area contributed by atoms with Gasteiger partial charge >= 0.3 is 0 Å². The van der Waals surface area contributed by atoms with Gasteiger partial charge in [-0.15, -0.1) is 0 Å². The highest BCUT2D eigenvalue weighted by Gasteiger charge is 2.09. The van der Waals surface area contributed by atoms with Crippen molar-refractivity contribution in [3.63, 3.8) is 0 Å². The Morgan fingerprint density at radius 3 is 2.95 bits per heavy atom. The lowest BCUT2D eigenvalue weighted by atomic mass is 10.3. The SMILES string of the molecule is O=C(Cn1ccnc1Cl)Nc1cccc([N+](=O)[O-])c1. The van der Waals surface area contributed by atoms with E-state index in [1.54, 1.807) is 12.3 Å². The fourth-order valence-corrected chi connectivity index (χ4v) is 1.65. The van der Waals surface area contributed by atoms with Crippen LogP contribution < -0.4 is 5.32 Å². The molecule has 1 aromatic heterocycles. The van der Waals surface area contributed by atoms with Crippen LogP contribution in [0.25, 0.3) is 0 Å². The molecule has 1 amide bonds. The van der Waals surface area contributed by atoms with E-state index in [0.29, 0.717) is 5.69 Å². The molecule has 19 heavy (non-hydrogen) atoms. The molecule has 0 saturated heterocycles. The number of carbonyl (C=O) groups excluding carboxylic acids is 1. The van der Waals surface area contributed by atoms with Crippen molar-refractivity contribution >= 4 is 28.9 Å². The third-order valence-corrected chi connectivity index (χ3v) is 2.63. The Morgan fingerprint density at radius 2 is 2.32 bits per heavy atom. The summed E-state index contributed by atoms with van der Waals surface area (Å²) in [6.07, 6.45) is 3.04. The Balaban J connectivity index is 2.05. The number of rotatable bonds is 4. The van der Waals surface area contributed by atoms with E-state index < -0.39 is 4.92 Å². The van der Waals surface area contributed by atoms with Crippen molar-refractivity contribution < 1.29 is 9.72 Å². The molecule has 0 spiro atoms. The first kappa shape index (κ1) is 13.0. The lowest BCUT2D eigenvalue weighted by Gasteiger charge is -2.06. The van der Waals surface area contributed by atoms with E-state index in [1.165, 1.54) is 29.0 Å². The number of nitro groups is 1. The van der Waals surface area contributed by atoms with Crippen LogP contribution in [0.2, 0.25) is 5.28 Å². The summed E-state index contributed by atoms with van der Waals surface area (Å²) in [5, 5.41) is 13.4. The molecule has 0 fully saturated rings. The van der Waals surface area contributed by atoms with E-state index >= 15 is 0 Å². The van der Waals surface area contributed by atoms with Gasteiger partial charge in [-0.25, -0.2) is 4.98 Å². The maximum Gasteiger partial charge on any atom is 0.271 e. The molecule has 0 aliphatic rings. The minimum atomic E-state index is -0.525. The zero-order valence-electron chi connectivity index (χ0n) is 9.62. The molecule has 0 aliphatic carbocycles. The molecule has 1 aromatic carbocycles. The summed E-state index contributed by atoms with van der Waals surface area (Å²) in [6.45, 7) is -0.0124. The van der Waals surface area contributed by atoms with Crippen LogP contribution in [0.4, 0.5) is 11.4 Å². The van der Waals surface area contributed by atoms with E-state index in [4.69, 9.17) is 11.6 Å². The van der Waals surface area contributed by atoms with Gasteiger partial charge in [0.2, 0.25) is 11.2 Å². The van der Waals surface area contributed by atoms with Gasteiger partial charge in [0.25, 0.3) is 5.69 Å². The summed E-state index contributed by atoms with van der Waals surface area (Å²) in [5.41, 5.74) is 0.272. The number of nitro benzene ring substituents is 1. The Labute approximate surface area is 113 Å². The van der Waals surface area contributed by atoms with Crippen molar-refractivity contribution in [2.75, 3.05) is 5.32 Å². The second-order valence-corrected chi connectivity index (χ2v) is 4.02. The lowest BCUT2D eigenvalue weighted by molar-refractivity contribution is -0.384. The van der Waals surface area contributed by atoms with Crippen molar-refractivity contribution in [3.8, 4) is 0 Å². The Kier molecular flexibility index (Phi) is 3.76. The Bertz CT molecular complexity index is 626.